The largest absolute Gasteiger partial charge is 0.481 e. The third-order valence-electron chi connectivity index (χ3n) is 4.55. The first-order valence-corrected chi connectivity index (χ1v) is 7.34. The first kappa shape index (κ1) is 14.3. The molecule has 5 heteroatoms. The molecule has 19 heavy (non-hydrogen) atoms. The zero-order valence-corrected chi connectivity index (χ0v) is 11.6. The summed E-state index contributed by atoms with van der Waals surface area (Å²) < 4.78 is 0. The molecule has 0 bridgehead atoms. The lowest BCUT2D eigenvalue weighted by Crippen LogP contribution is -2.38. The van der Waals surface area contributed by atoms with Gasteiger partial charge < -0.3 is 15.3 Å². The summed E-state index contributed by atoms with van der Waals surface area (Å²) in [6.07, 6.45) is 3.33. The lowest BCUT2D eigenvalue weighted by atomic mass is 9.95. The molecule has 5 nitrogen and oxygen atoms in total. The second kappa shape index (κ2) is 6.37. The van der Waals surface area contributed by atoms with Crippen molar-refractivity contribution >= 4 is 11.9 Å². The molecule has 1 saturated carbocycles. The second-order valence-electron chi connectivity index (χ2n) is 5.78. The van der Waals surface area contributed by atoms with Gasteiger partial charge in [0.15, 0.2) is 0 Å². The number of hydrogen-bond acceptors (Lipinski definition) is 3. The molecule has 0 aromatic heterocycles. The Hall–Kier alpha value is -1.10. The lowest BCUT2D eigenvalue weighted by Gasteiger charge is -2.18. The zero-order valence-electron chi connectivity index (χ0n) is 11.6. The maximum atomic E-state index is 12.1. The molecule has 2 aliphatic rings. The summed E-state index contributed by atoms with van der Waals surface area (Å²) >= 11 is 0. The number of aliphatic carboxylic acids is 1. The Kier molecular flexibility index (Phi) is 4.80. The predicted molar refractivity (Wildman–Crippen MR) is 71.7 cm³/mol. The summed E-state index contributed by atoms with van der Waals surface area (Å²) in [4.78, 5) is 25.5. The fourth-order valence-corrected chi connectivity index (χ4v) is 3.31. The van der Waals surface area contributed by atoms with Gasteiger partial charge in [0.1, 0.15) is 0 Å². The van der Waals surface area contributed by atoms with Crippen molar-refractivity contribution in [2.45, 2.75) is 32.6 Å². The Morgan fingerprint density at radius 2 is 2.00 bits per heavy atom. The van der Waals surface area contributed by atoms with E-state index in [4.69, 9.17) is 5.11 Å². The minimum absolute atomic E-state index is 0.0557. The van der Waals surface area contributed by atoms with Crippen molar-refractivity contribution in [1.82, 2.24) is 10.2 Å². The Morgan fingerprint density at radius 1 is 1.26 bits per heavy atom. The van der Waals surface area contributed by atoms with Crippen LogP contribution >= 0.6 is 0 Å². The summed E-state index contributed by atoms with van der Waals surface area (Å²) in [6.45, 7) is 6.06. The molecule has 0 aromatic rings. The van der Waals surface area contributed by atoms with E-state index in [1.807, 2.05) is 0 Å². The van der Waals surface area contributed by atoms with Crippen molar-refractivity contribution in [1.29, 1.82) is 0 Å². The number of likely N-dealkylation sites (tertiary alicyclic amines) is 1. The molecular weight excluding hydrogens is 244 g/mol. The highest BCUT2D eigenvalue weighted by Gasteiger charge is 2.37. The zero-order chi connectivity index (χ0) is 13.8. The molecule has 3 unspecified atom stereocenters. The van der Waals surface area contributed by atoms with E-state index >= 15 is 0 Å². The highest BCUT2D eigenvalue weighted by molar-refractivity contribution is 5.85. The normalized spacial score (nSPS) is 31.5. The first-order chi connectivity index (χ1) is 9.11. The third-order valence-corrected chi connectivity index (χ3v) is 4.55. The molecule has 2 fully saturated rings. The first-order valence-electron chi connectivity index (χ1n) is 7.34. The van der Waals surface area contributed by atoms with Crippen LogP contribution in [0.1, 0.15) is 32.6 Å². The van der Waals surface area contributed by atoms with Gasteiger partial charge in [0, 0.05) is 13.1 Å². The number of hydrogen-bond donors (Lipinski definition) is 2. The average Bonchev–Trinajstić information content (AvgIpc) is 3.04. The Bertz CT molecular complexity index is 346. The van der Waals surface area contributed by atoms with Crippen LogP contribution in [0.2, 0.25) is 0 Å². The van der Waals surface area contributed by atoms with E-state index in [2.05, 4.69) is 17.1 Å². The minimum atomic E-state index is -0.823. The third kappa shape index (κ3) is 3.47. The van der Waals surface area contributed by atoms with Crippen LogP contribution in [0.5, 0.6) is 0 Å². The van der Waals surface area contributed by atoms with Crippen LogP contribution in [0, 0.1) is 17.8 Å². The van der Waals surface area contributed by atoms with Gasteiger partial charge in [-0.15, -0.1) is 0 Å². The molecule has 0 aromatic carbocycles. The van der Waals surface area contributed by atoms with E-state index in [-0.39, 0.29) is 11.8 Å². The summed E-state index contributed by atoms with van der Waals surface area (Å²) in [5, 5.41) is 12.1. The molecule has 3 atom stereocenters. The monoisotopic (exact) mass is 268 g/mol. The van der Waals surface area contributed by atoms with Crippen LogP contribution in [0.4, 0.5) is 0 Å². The number of carboxylic acids is 1. The van der Waals surface area contributed by atoms with Crippen LogP contribution in [-0.4, -0.2) is 48.1 Å². The second-order valence-corrected chi connectivity index (χ2v) is 5.78. The molecule has 1 amide bonds. The van der Waals surface area contributed by atoms with Crippen LogP contribution in [0.25, 0.3) is 0 Å². The molecular formula is C14H24N2O3. The highest BCUT2D eigenvalue weighted by Crippen LogP contribution is 2.32. The quantitative estimate of drug-likeness (QED) is 0.779. The Morgan fingerprint density at radius 3 is 2.63 bits per heavy atom. The molecule has 2 rings (SSSR count). The van der Waals surface area contributed by atoms with Gasteiger partial charge in [0.25, 0.3) is 0 Å². The molecule has 1 aliphatic carbocycles. The van der Waals surface area contributed by atoms with Gasteiger partial charge in [0.2, 0.25) is 5.91 Å². The summed E-state index contributed by atoms with van der Waals surface area (Å²) in [5.41, 5.74) is 0. The topological polar surface area (TPSA) is 69.6 Å². The molecule has 0 spiro atoms. The van der Waals surface area contributed by atoms with E-state index in [1.54, 1.807) is 0 Å². The number of nitrogens with one attached hydrogen (secondary N) is 1. The van der Waals surface area contributed by atoms with Gasteiger partial charge in [-0.1, -0.05) is 13.3 Å². The average molecular weight is 268 g/mol. The number of carboxylic acid groups (broad SMARTS) is 1. The summed E-state index contributed by atoms with van der Waals surface area (Å²) in [6, 6.07) is 0. The minimum Gasteiger partial charge on any atom is -0.481 e. The van der Waals surface area contributed by atoms with Gasteiger partial charge in [0.05, 0.1) is 11.8 Å². The Balaban J connectivity index is 1.77. The molecule has 108 valence electrons. The van der Waals surface area contributed by atoms with E-state index in [0.717, 1.165) is 32.5 Å². The van der Waals surface area contributed by atoms with Crippen molar-refractivity contribution in [2.24, 2.45) is 17.8 Å². The van der Waals surface area contributed by atoms with E-state index in [0.29, 0.717) is 25.3 Å². The molecule has 1 heterocycles. The molecule has 1 aliphatic heterocycles. The number of rotatable bonds is 5. The fraction of sp³-hybridized carbons (Fsp3) is 0.857. The number of amides is 1. The fourth-order valence-electron chi connectivity index (χ4n) is 3.31. The predicted octanol–water partition coefficient (Wildman–Crippen LogP) is 0.945. The van der Waals surface area contributed by atoms with Crippen molar-refractivity contribution in [3.05, 3.63) is 0 Å². The molecule has 2 N–H and O–H groups in total. The van der Waals surface area contributed by atoms with Gasteiger partial charge >= 0.3 is 5.97 Å². The van der Waals surface area contributed by atoms with Crippen molar-refractivity contribution in [2.75, 3.05) is 26.2 Å². The SMILES string of the molecule is CCN1CCC(CNC(=O)C2CCCC2C(=O)O)C1. The number of carbonyl (C=O) groups is 2. The number of nitrogens with zero attached hydrogens (tertiary/aromatic N) is 1. The van der Waals surface area contributed by atoms with Crippen LogP contribution in [0.15, 0.2) is 0 Å². The van der Waals surface area contributed by atoms with Gasteiger partial charge in [-0.2, -0.15) is 0 Å². The maximum absolute atomic E-state index is 12.1. The molecule has 0 radical (unpaired) electrons. The van der Waals surface area contributed by atoms with Gasteiger partial charge in [-0.25, -0.2) is 0 Å². The van der Waals surface area contributed by atoms with Crippen molar-refractivity contribution in [3.63, 3.8) is 0 Å². The van der Waals surface area contributed by atoms with Crippen molar-refractivity contribution < 1.29 is 14.7 Å². The van der Waals surface area contributed by atoms with E-state index in [1.165, 1.54) is 0 Å². The van der Waals surface area contributed by atoms with Crippen LogP contribution in [-0.2, 0) is 9.59 Å². The van der Waals surface area contributed by atoms with Gasteiger partial charge in [-0.05, 0) is 38.3 Å². The summed E-state index contributed by atoms with van der Waals surface area (Å²) in [7, 11) is 0. The summed E-state index contributed by atoms with van der Waals surface area (Å²) in [5.74, 6) is -1.15. The van der Waals surface area contributed by atoms with Gasteiger partial charge in [-0.3, -0.25) is 9.59 Å². The Labute approximate surface area is 114 Å². The van der Waals surface area contributed by atoms with E-state index < -0.39 is 11.9 Å². The maximum Gasteiger partial charge on any atom is 0.307 e. The van der Waals surface area contributed by atoms with E-state index in [9.17, 15) is 9.59 Å². The number of carbonyl (C=O) groups excluding carboxylic acids is 1. The lowest BCUT2D eigenvalue weighted by molar-refractivity contribution is -0.146. The molecule has 1 saturated heterocycles. The smallest absolute Gasteiger partial charge is 0.307 e. The highest BCUT2D eigenvalue weighted by atomic mass is 16.4. The van der Waals surface area contributed by atoms with Crippen LogP contribution < -0.4 is 5.32 Å². The van der Waals surface area contributed by atoms with Crippen molar-refractivity contribution in [3.8, 4) is 0 Å². The van der Waals surface area contributed by atoms with Crippen LogP contribution in [0.3, 0.4) is 0 Å². The standard InChI is InChI=1S/C14H24N2O3/c1-2-16-7-6-10(9-16)8-15-13(17)11-4-3-5-12(11)14(18)19/h10-12H,2-9H2,1H3,(H,15,17)(H,18,19).